The SMILES string of the molecule is O=C1NC(=O)C(=Nc2cc(C3OC(CO)C(O)C3O)c(O)[nH]c2=O)C=C1C1OC(CO)C(O)C1O. The monoisotopic (exact) mass is 497 g/mol. The van der Waals surface area contributed by atoms with Gasteiger partial charge in [-0.05, 0) is 12.1 Å². The standard InChI is InChI=1S/C20H23N3O12/c24-3-9-11(26)13(28)15(34-9)5-1-7(19(32)22-17(5)30)21-8-2-6(18(31)23-20(8)33)16-14(29)12(27)10(4-25)35-16/h1-2,9-16,24-29H,3-4H2,(H,22,30,32)(H2,23,31,33). The van der Waals surface area contributed by atoms with E-state index in [2.05, 4.69) is 9.98 Å². The molecule has 0 bridgehead atoms. The number of aromatic nitrogens is 1. The minimum Gasteiger partial charge on any atom is -0.494 e. The second-order valence-corrected chi connectivity index (χ2v) is 8.19. The largest absolute Gasteiger partial charge is 0.494 e. The van der Waals surface area contributed by atoms with Crippen molar-refractivity contribution in [3.8, 4) is 5.88 Å². The van der Waals surface area contributed by atoms with Gasteiger partial charge in [0.05, 0.1) is 18.8 Å². The fourth-order valence-electron chi connectivity index (χ4n) is 4.08. The molecule has 9 N–H and O–H groups in total. The number of imide groups is 1. The van der Waals surface area contributed by atoms with Crippen molar-refractivity contribution >= 4 is 23.2 Å². The molecule has 190 valence electrons. The zero-order chi connectivity index (χ0) is 25.6. The van der Waals surface area contributed by atoms with E-state index >= 15 is 0 Å². The van der Waals surface area contributed by atoms with Gasteiger partial charge in [0, 0.05) is 5.56 Å². The molecular weight excluding hydrogens is 474 g/mol. The Balaban J connectivity index is 1.72. The van der Waals surface area contributed by atoms with Gasteiger partial charge in [0.15, 0.2) is 5.88 Å². The van der Waals surface area contributed by atoms with Crippen molar-refractivity contribution in [1.29, 1.82) is 0 Å². The summed E-state index contributed by atoms with van der Waals surface area (Å²) in [7, 11) is 0. The first-order valence-electron chi connectivity index (χ1n) is 10.4. The van der Waals surface area contributed by atoms with E-state index in [4.69, 9.17) is 9.47 Å². The number of ether oxygens (including phenoxy) is 2. The number of hydrogen-bond acceptors (Lipinski definition) is 13. The smallest absolute Gasteiger partial charge is 0.276 e. The quantitative estimate of drug-likeness (QED) is 0.174. The fourth-order valence-corrected chi connectivity index (χ4v) is 4.08. The number of rotatable bonds is 5. The van der Waals surface area contributed by atoms with E-state index in [1.54, 1.807) is 0 Å². The van der Waals surface area contributed by atoms with E-state index in [1.165, 1.54) is 0 Å². The van der Waals surface area contributed by atoms with Crippen molar-refractivity contribution in [2.75, 3.05) is 13.2 Å². The van der Waals surface area contributed by atoms with Crippen LogP contribution in [0.1, 0.15) is 11.7 Å². The van der Waals surface area contributed by atoms with Crippen LogP contribution >= 0.6 is 0 Å². The molecule has 2 fully saturated rings. The first-order valence-corrected chi connectivity index (χ1v) is 10.4. The van der Waals surface area contributed by atoms with Crippen LogP contribution in [0.5, 0.6) is 5.88 Å². The van der Waals surface area contributed by atoms with Crippen LogP contribution in [0, 0.1) is 0 Å². The van der Waals surface area contributed by atoms with Crippen molar-refractivity contribution < 1.29 is 54.8 Å². The number of aromatic amines is 1. The number of carbonyl (C=O) groups is 2. The number of pyridine rings is 1. The molecule has 3 aliphatic rings. The third-order valence-corrected chi connectivity index (χ3v) is 5.98. The van der Waals surface area contributed by atoms with Crippen molar-refractivity contribution in [2.45, 2.75) is 48.8 Å². The zero-order valence-electron chi connectivity index (χ0n) is 17.8. The third-order valence-electron chi connectivity index (χ3n) is 5.98. The van der Waals surface area contributed by atoms with Gasteiger partial charge in [-0.3, -0.25) is 24.7 Å². The Hall–Kier alpha value is -3.02. The minimum absolute atomic E-state index is 0.202. The molecule has 1 aromatic heterocycles. The molecule has 0 radical (unpaired) electrons. The van der Waals surface area contributed by atoms with Crippen LogP contribution in [0.3, 0.4) is 0 Å². The van der Waals surface area contributed by atoms with E-state index < -0.39 is 96.7 Å². The van der Waals surface area contributed by atoms with Crippen LogP contribution in [0.4, 0.5) is 5.69 Å². The Morgan fingerprint density at radius 3 is 2.00 bits per heavy atom. The molecule has 35 heavy (non-hydrogen) atoms. The molecular formula is C20H23N3O12. The van der Waals surface area contributed by atoms with Gasteiger partial charge in [-0.2, -0.15) is 0 Å². The lowest BCUT2D eigenvalue weighted by Gasteiger charge is -2.21. The predicted octanol–water partition coefficient (Wildman–Crippen LogP) is -4.63. The number of nitrogens with zero attached hydrogens (tertiary/aromatic N) is 1. The summed E-state index contributed by atoms with van der Waals surface area (Å²) in [6.45, 7) is -1.27. The van der Waals surface area contributed by atoms with Crippen LogP contribution in [-0.2, 0) is 19.1 Å². The van der Waals surface area contributed by atoms with E-state index in [9.17, 15) is 50.1 Å². The summed E-state index contributed by atoms with van der Waals surface area (Å²) < 4.78 is 10.7. The number of aromatic hydroxyl groups is 1. The molecule has 2 saturated heterocycles. The molecule has 8 unspecified atom stereocenters. The van der Waals surface area contributed by atoms with E-state index in [0.717, 1.165) is 12.1 Å². The van der Waals surface area contributed by atoms with Crippen molar-refractivity contribution in [3.63, 3.8) is 0 Å². The highest BCUT2D eigenvalue weighted by atomic mass is 16.6. The number of nitrogens with one attached hydrogen (secondary N) is 2. The fraction of sp³-hybridized carbons (Fsp3) is 0.500. The highest BCUT2D eigenvalue weighted by Gasteiger charge is 2.47. The van der Waals surface area contributed by atoms with Gasteiger partial charge in [-0.25, -0.2) is 4.99 Å². The second kappa shape index (κ2) is 9.56. The number of aliphatic imine (C=N–C) groups is 1. The summed E-state index contributed by atoms with van der Waals surface area (Å²) in [6, 6.07) is 0.991. The van der Waals surface area contributed by atoms with E-state index in [0.29, 0.717) is 0 Å². The average Bonchev–Trinajstić information content (AvgIpc) is 3.27. The molecule has 15 nitrogen and oxygen atoms in total. The van der Waals surface area contributed by atoms with Crippen molar-refractivity contribution in [1.82, 2.24) is 10.3 Å². The van der Waals surface area contributed by atoms with Gasteiger partial charge in [0.2, 0.25) is 0 Å². The van der Waals surface area contributed by atoms with Gasteiger partial charge >= 0.3 is 0 Å². The number of aliphatic hydroxyl groups excluding tert-OH is 6. The molecule has 15 heteroatoms. The van der Waals surface area contributed by atoms with Crippen LogP contribution in [0.2, 0.25) is 0 Å². The molecule has 0 aromatic carbocycles. The van der Waals surface area contributed by atoms with Gasteiger partial charge < -0.3 is 45.2 Å². The summed E-state index contributed by atoms with van der Waals surface area (Å²) in [5.41, 5.74) is -2.39. The lowest BCUT2D eigenvalue weighted by atomic mass is 9.97. The molecule has 1 aromatic rings. The molecule has 8 atom stereocenters. The van der Waals surface area contributed by atoms with E-state index in [1.807, 2.05) is 5.32 Å². The number of H-pyrrole nitrogens is 1. The molecule has 4 heterocycles. The van der Waals surface area contributed by atoms with Gasteiger partial charge in [-0.1, -0.05) is 0 Å². The molecule has 2 amide bonds. The van der Waals surface area contributed by atoms with Crippen LogP contribution in [0.15, 0.2) is 27.5 Å². The van der Waals surface area contributed by atoms with E-state index in [-0.39, 0.29) is 11.1 Å². The van der Waals surface area contributed by atoms with Gasteiger partial charge in [0.25, 0.3) is 17.4 Å². The highest BCUT2D eigenvalue weighted by Crippen LogP contribution is 2.37. The lowest BCUT2D eigenvalue weighted by molar-refractivity contribution is -0.126. The maximum atomic E-state index is 12.4. The second-order valence-electron chi connectivity index (χ2n) is 8.19. The summed E-state index contributed by atoms with van der Waals surface area (Å²) in [4.78, 5) is 43.0. The number of hydrogen-bond donors (Lipinski definition) is 9. The molecule has 0 aliphatic carbocycles. The first kappa shape index (κ1) is 25.1. The molecule has 4 rings (SSSR count). The summed E-state index contributed by atoms with van der Waals surface area (Å²) >= 11 is 0. The van der Waals surface area contributed by atoms with Crippen molar-refractivity contribution in [2.24, 2.45) is 4.99 Å². The van der Waals surface area contributed by atoms with Crippen LogP contribution < -0.4 is 10.9 Å². The third kappa shape index (κ3) is 4.39. The predicted molar refractivity (Wildman–Crippen MR) is 112 cm³/mol. The molecule has 3 aliphatic heterocycles. The maximum Gasteiger partial charge on any atom is 0.276 e. The number of aliphatic hydroxyl groups is 6. The summed E-state index contributed by atoms with van der Waals surface area (Å²) in [6.07, 6.45) is -10.3. The summed E-state index contributed by atoms with van der Waals surface area (Å²) in [5, 5.41) is 71.0. The van der Waals surface area contributed by atoms with Gasteiger partial charge in [0.1, 0.15) is 60.2 Å². The Kier molecular flexibility index (Phi) is 6.85. The normalized spacial score (nSPS) is 36.5. The Labute approximate surface area is 195 Å². The van der Waals surface area contributed by atoms with Crippen LogP contribution in [-0.4, -0.2) is 114 Å². The van der Waals surface area contributed by atoms with Crippen molar-refractivity contribution in [3.05, 3.63) is 33.6 Å². The highest BCUT2D eigenvalue weighted by molar-refractivity contribution is 6.49. The van der Waals surface area contributed by atoms with Crippen LogP contribution in [0.25, 0.3) is 0 Å². The molecule has 0 saturated carbocycles. The average molecular weight is 497 g/mol. The topological polar surface area (TPSA) is 251 Å². The molecule has 0 spiro atoms. The Morgan fingerprint density at radius 1 is 0.857 bits per heavy atom. The number of amides is 2. The lowest BCUT2D eigenvalue weighted by Crippen LogP contribution is -2.46. The Morgan fingerprint density at radius 2 is 1.43 bits per heavy atom. The summed E-state index contributed by atoms with van der Waals surface area (Å²) in [5.74, 6) is -2.66. The van der Waals surface area contributed by atoms with Gasteiger partial charge in [-0.15, -0.1) is 0 Å². The minimum atomic E-state index is -1.60. The first-order chi connectivity index (χ1) is 16.6. The Bertz CT molecular complexity index is 1150. The number of carbonyl (C=O) groups excluding carboxylic acids is 2. The maximum absolute atomic E-state index is 12.4. The zero-order valence-corrected chi connectivity index (χ0v) is 17.8.